The summed E-state index contributed by atoms with van der Waals surface area (Å²) in [5, 5.41) is 21.2. The number of oxime groups is 1. The predicted molar refractivity (Wildman–Crippen MR) is 80.7 cm³/mol. The fourth-order valence-electron chi connectivity index (χ4n) is 2.41. The Morgan fingerprint density at radius 2 is 2.20 bits per heavy atom. The number of rotatable bonds is 6. The first-order valence-corrected chi connectivity index (χ1v) is 7.20. The Morgan fingerprint density at radius 3 is 2.70 bits per heavy atom. The van der Waals surface area contributed by atoms with E-state index in [4.69, 9.17) is 27.6 Å². The van der Waals surface area contributed by atoms with Crippen LogP contribution in [0.2, 0.25) is 5.02 Å². The maximum Gasteiger partial charge on any atom is 0.171 e. The maximum atomic E-state index is 9.03. The van der Waals surface area contributed by atoms with E-state index in [0.29, 0.717) is 16.6 Å². The topological polar surface area (TPSA) is 82.1 Å². The molecule has 0 aliphatic heterocycles. The van der Waals surface area contributed by atoms with E-state index in [1.54, 1.807) is 6.07 Å². The molecule has 4 N–H and O–H groups in total. The quantitative estimate of drug-likeness (QED) is 0.325. The molecule has 0 heterocycles. The lowest BCUT2D eigenvalue weighted by molar-refractivity contribution is 0.283. The normalized spacial score (nSPS) is 16.0. The van der Waals surface area contributed by atoms with E-state index in [0.717, 1.165) is 18.7 Å². The third kappa shape index (κ3) is 3.16. The van der Waals surface area contributed by atoms with Crippen molar-refractivity contribution in [3.05, 3.63) is 28.8 Å². The van der Waals surface area contributed by atoms with Crippen LogP contribution in [-0.4, -0.2) is 35.3 Å². The number of hydrogen-bond donors (Lipinski definition) is 3. The molecular weight excluding hydrogens is 278 g/mol. The van der Waals surface area contributed by atoms with E-state index in [1.807, 2.05) is 12.1 Å². The van der Waals surface area contributed by atoms with Gasteiger partial charge in [-0.05, 0) is 43.9 Å². The fraction of sp³-hybridized carbons (Fsp3) is 0.500. The molecular formula is C14H20ClN3O2. The fourth-order valence-corrected chi connectivity index (χ4v) is 2.68. The Kier molecular flexibility index (Phi) is 5.09. The summed E-state index contributed by atoms with van der Waals surface area (Å²) in [6, 6.07) is 6.05. The number of hydrogen-bond acceptors (Lipinski definition) is 4. The first kappa shape index (κ1) is 14.9. The summed E-state index contributed by atoms with van der Waals surface area (Å²) < 4.78 is 0. The highest BCUT2D eigenvalue weighted by molar-refractivity contribution is 6.34. The van der Waals surface area contributed by atoms with Gasteiger partial charge in [-0.15, -0.1) is 0 Å². The van der Waals surface area contributed by atoms with E-state index in [2.05, 4.69) is 10.1 Å². The summed E-state index contributed by atoms with van der Waals surface area (Å²) in [7, 11) is 0. The van der Waals surface area contributed by atoms with Crippen LogP contribution in [0.1, 0.15) is 31.2 Å². The summed E-state index contributed by atoms with van der Waals surface area (Å²) in [5.74, 6) is 0.00658. The van der Waals surface area contributed by atoms with E-state index in [9.17, 15) is 0 Å². The SMILES string of the molecule is N/C(=N/O)c1ccc(N(CCCO)C2CCC2)cc1Cl. The Morgan fingerprint density at radius 1 is 1.45 bits per heavy atom. The van der Waals surface area contributed by atoms with Gasteiger partial charge in [0.2, 0.25) is 0 Å². The summed E-state index contributed by atoms with van der Waals surface area (Å²) in [4.78, 5) is 2.28. The van der Waals surface area contributed by atoms with Gasteiger partial charge in [0.15, 0.2) is 5.84 Å². The van der Waals surface area contributed by atoms with Crippen molar-refractivity contribution in [3.63, 3.8) is 0 Å². The molecule has 0 aromatic heterocycles. The first-order chi connectivity index (χ1) is 9.67. The third-order valence-electron chi connectivity index (χ3n) is 3.74. The highest BCUT2D eigenvalue weighted by atomic mass is 35.5. The second-order valence-corrected chi connectivity index (χ2v) is 5.41. The standard InChI is InChI=1S/C14H20ClN3O2/c15-13-9-11(5-6-12(13)14(16)17-20)18(7-2-8-19)10-3-1-4-10/h5-6,9-10,19-20H,1-4,7-8H2,(H2,16,17). The highest BCUT2D eigenvalue weighted by Crippen LogP contribution is 2.32. The molecule has 1 aliphatic rings. The second kappa shape index (κ2) is 6.81. The molecule has 6 heteroatoms. The second-order valence-electron chi connectivity index (χ2n) is 5.00. The predicted octanol–water partition coefficient (Wildman–Crippen LogP) is 2.18. The number of benzene rings is 1. The molecule has 1 fully saturated rings. The molecule has 2 rings (SSSR count). The van der Waals surface area contributed by atoms with E-state index < -0.39 is 0 Å². The largest absolute Gasteiger partial charge is 0.409 e. The van der Waals surface area contributed by atoms with Crippen LogP contribution in [-0.2, 0) is 0 Å². The number of aliphatic hydroxyl groups excluding tert-OH is 1. The lowest BCUT2D eigenvalue weighted by Crippen LogP contribution is -2.41. The Balaban J connectivity index is 2.22. The smallest absolute Gasteiger partial charge is 0.171 e. The number of anilines is 1. The molecule has 1 aromatic carbocycles. The van der Waals surface area contributed by atoms with E-state index >= 15 is 0 Å². The molecule has 110 valence electrons. The van der Waals surface area contributed by atoms with Gasteiger partial charge in [-0.1, -0.05) is 16.8 Å². The summed E-state index contributed by atoms with van der Waals surface area (Å²) in [5.41, 5.74) is 7.11. The van der Waals surface area contributed by atoms with Gasteiger partial charge in [0.25, 0.3) is 0 Å². The average Bonchev–Trinajstić information content (AvgIpc) is 2.40. The van der Waals surface area contributed by atoms with Crippen LogP contribution >= 0.6 is 11.6 Å². The number of amidine groups is 1. The zero-order valence-electron chi connectivity index (χ0n) is 11.3. The number of nitrogens with zero attached hydrogens (tertiary/aromatic N) is 2. The van der Waals surface area contributed by atoms with Gasteiger partial charge >= 0.3 is 0 Å². The Hall–Kier alpha value is -1.46. The molecule has 0 unspecified atom stereocenters. The van der Waals surface area contributed by atoms with E-state index in [1.165, 1.54) is 19.3 Å². The molecule has 1 aromatic rings. The number of aliphatic hydroxyl groups is 1. The zero-order valence-corrected chi connectivity index (χ0v) is 12.1. The third-order valence-corrected chi connectivity index (χ3v) is 4.05. The molecule has 5 nitrogen and oxygen atoms in total. The van der Waals surface area contributed by atoms with Gasteiger partial charge in [0.1, 0.15) is 0 Å². The molecule has 1 aliphatic carbocycles. The van der Waals surface area contributed by atoms with Crippen LogP contribution < -0.4 is 10.6 Å². The summed E-state index contributed by atoms with van der Waals surface area (Å²) >= 11 is 6.20. The van der Waals surface area contributed by atoms with Crippen molar-refractivity contribution in [1.82, 2.24) is 0 Å². The van der Waals surface area contributed by atoms with Crippen LogP contribution in [0.25, 0.3) is 0 Å². The summed E-state index contributed by atoms with van der Waals surface area (Å²) in [6.45, 7) is 0.986. The summed E-state index contributed by atoms with van der Waals surface area (Å²) in [6.07, 6.45) is 4.32. The minimum absolute atomic E-state index is 0.00658. The van der Waals surface area contributed by atoms with Crippen LogP contribution in [0.4, 0.5) is 5.69 Å². The Labute approximate surface area is 123 Å². The van der Waals surface area contributed by atoms with Gasteiger partial charge in [0, 0.05) is 30.4 Å². The van der Waals surface area contributed by atoms with Crippen LogP contribution in [0, 0.1) is 0 Å². The van der Waals surface area contributed by atoms with Gasteiger partial charge in [-0.2, -0.15) is 0 Å². The molecule has 1 saturated carbocycles. The minimum atomic E-state index is 0.00658. The number of halogens is 1. The van der Waals surface area contributed by atoms with Crippen molar-refractivity contribution >= 4 is 23.1 Å². The molecule has 0 radical (unpaired) electrons. The average molecular weight is 298 g/mol. The van der Waals surface area contributed by atoms with Gasteiger partial charge in [-0.25, -0.2) is 0 Å². The van der Waals surface area contributed by atoms with Crippen molar-refractivity contribution in [2.75, 3.05) is 18.1 Å². The van der Waals surface area contributed by atoms with Crippen LogP contribution in [0.3, 0.4) is 0 Å². The molecule has 20 heavy (non-hydrogen) atoms. The van der Waals surface area contributed by atoms with E-state index in [-0.39, 0.29) is 12.4 Å². The van der Waals surface area contributed by atoms with Gasteiger partial charge in [-0.3, -0.25) is 0 Å². The lowest BCUT2D eigenvalue weighted by atomic mass is 9.90. The molecule has 0 spiro atoms. The van der Waals surface area contributed by atoms with Crippen molar-refractivity contribution in [2.24, 2.45) is 10.9 Å². The maximum absolute atomic E-state index is 9.03. The van der Waals surface area contributed by atoms with Gasteiger partial charge < -0.3 is 20.9 Å². The van der Waals surface area contributed by atoms with Crippen molar-refractivity contribution in [2.45, 2.75) is 31.7 Å². The highest BCUT2D eigenvalue weighted by Gasteiger charge is 2.25. The minimum Gasteiger partial charge on any atom is -0.409 e. The molecule has 0 saturated heterocycles. The van der Waals surface area contributed by atoms with Crippen molar-refractivity contribution in [1.29, 1.82) is 0 Å². The van der Waals surface area contributed by atoms with Crippen LogP contribution in [0.5, 0.6) is 0 Å². The van der Waals surface area contributed by atoms with Gasteiger partial charge in [0.05, 0.1) is 5.02 Å². The van der Waals surface area contributed by atoms with Crippen LogP contribution in [0.15, 0.2) is 23.4 Å². The first-order valence-electron chi connectivity index (χ1n) is 6.82. The van der Waals surface area contributed by atoms with Crippen molar-refractivity contribution in [3.8, 4) is 0 Å². The zero-order chi connectivity index (χ0) is 14.5. The molecule has 0 amide bonds. The monoisotopic (exact) mass is 297 g/mol. The number of nitrogens with two attached hydrogens (primary N) is 1. The molecule has 0 bridgehead atoms. The lowest BCUT2D eigenvalue weighted by Gasteiger charge is -2.39. The van der Waals surface area contributed by atoms with Crippen molar-refractivity contribution < 1.29 is 10.3 Å². The Bertz CT molecular complexity index is 489. The molecule has 0 atom stereocenters.